The van der Waals surface area contributed by atoms with Gasteiger partial charge in [0.2, 0.25) is 0 Å². The summed E-state index contributed by atoms with van der Waals surface area (Å²) in [6.07, 6.45) is 6.83. The number of hydrogen-bond donors (Lipinski definition) is 1. The third-order valence-electron chi connectivity index (χ3n) is 3.93. The molecule has 0 bridgehead atoms. The summed E-state index contributed by atoms with van der Waals surface area (Å²) in [6, 6.07) is 9.11. The van der Waals surface area contributed by atoms with E-state index in [2.05, 4.69) is 25.4 Å². The summed E-state index contributed by atoms with van der Waals surface area (Å²) in [5, 5.41) is 7.49. The number of pyridine rings is 3. The molecule has 1 N–H and O–H groups in total. The highest BCUT2D eigenvalue weighted by molar-refractivity contribution is 6.00. The van der Waals surface area contributed by atoms with Crippen molar-refractivity contribution in [2.24, 2.45) is 0 Å². The predicted molar refractivity (Wildman–Crippen MR) is 95.2 cm³/mol. The molecule has 0 aliphatic rings. The monoisotopic (exact) mass is 345 g/mol. The van der Waals surface area contributed by atoms with E-state index in [1.165, 1.54) is 0 Å². The van der Waals surface area contributed by atoms with Gasteiger partial charge in [0.15, 0.2) is 5.76 Å². The van der Waals surface area contributed by atoms with Gasteiger partial charge in [0.25, 0.3) is 5.91 Å². The van der Waals surface area contributed by atoms with Gasteiger partial charge >= 0.3 is 0 Å². The number of aromatic nitrogens is 4. The minimum atomic E-state index is -0.284. The fourth-order valence-corrected chi connectivity index (χ4v) is 2.71. The van der Waals surface area contributed by atoms with Crippen molar-refractivity contribution in [3.8, 4) is 11.1 Å². The lowest BCUT2D eigenvalue weighted by atomic mass is 10.0. The van der Waals surface area contributed by atoms with Crippen molar-refractivity contribution in [2.75, 3.05) is 0 Å². The van der Waals surface area contributed by atoms with Gasteiger partial charge in [-0.1, -0.05) is 5.16 Å². The summed E-state index contributed by atoms with van der Waals surface area (Å²) >= 11 is 0. The van der Waals surface area contributed by atoms with Crippen LogP contribution in [0, 0.1) is 6.92 Å². The van der Waals surface area contributed by atoms with Gasteiger partial charge in [-0.3, -0.25) is 14.8 Å². The Morgan fingerprint density at radius 1 is 1.12 bits per heavy atom. The Morgan fingerprint density at radius 2 is 1.92 bits per heavy atom. The summed E-state index contributed by atoms with van der Waals surface area (Å²) in [5.74, 6) is 0.309. The maximum absolute atomic E-state index is 12.6. The molecule has 0 aliphatic heterocycles. The van der Waals surface area contributed by atoms with Crippen LogP contribution in [0.1, 0.15) is 21.9 Å². The third-order valence-corrected chi connectivity index (χ3v) is 3.93. The average molecular weight is 345 g/mol. The zero-order valence-electron chi connectivity index (χ0n) is 14.0. The first-order valence-electron chi connectivity index (χ1n) is 8.06. The molecule has 7 nitrogen and oxygen atoms in total. The number of carbonyl (C=O) groups excluding carboxylic acids is 1. The fourth-order valence-electron chi connectivity index (χ4n) is 2.71. The molecule has 0 spiro atoms. The van der Waals surface area contributed by atoms with E-state index in [9.17, 15) is 4.79 Å². The van der Waals surface area contributed by atoms with Crippen molar-refractivity contribution in [1.29, 1.82) is 0 Å². The smallest absolute Gasteiger partial charge is 0.270 e. The Morgan fingerprint density at radius 3 is 2.69 bits per heavy atom. The normalized spacial score (nSPS) is 10.8. The maximum atomic E-state index is 12.6. The van der Waals surface area contributed by atoms with E-state index >= 15 is 0 Å². The Kier molecular flexibility index (Phi) is 4.10. The molecule has 0 fully saturated rings. The van der Waals surface area contributed by atoms with Gasteiger partial charge < -0.3 is 9.84 Å². The number of fused-ring (bicyclic) bond motifs is 1. The predicted octanol–water partition coefficient (Wildman–Crippen LogP) is 2.92. The zero-order valence-corrected chi connectivity index (χ0v) is 14.0. The summed E-state index contributed by atoms with van der Waals surface area (Å²) in [5.41, 5.74) is 3.62. The van der Waals surface area contributed by atoms with E-state index in [1.807, 2.05) is 19.1 Å². The van der Waals surface area contributed by atoms with Crippen molar-refractivity contribution in [2.45, 2.75) is 13.5 Å². The minimum Gasteiger partial charge on any atom is -0.359 e. The van der Waals surface area contributed by atoms with Crippen LogP contribution in [-0.4, -0.2) is 26.0 Å². The van der Waals surface area contributed by atoms with Crippen molar-refractivity contribution >= 4 is 16.8 Å². The molecule has 7 heteroatoms. The SMILES string of the molecule is Cc1cc(CNC(=O)c2cc(-c3ccncc3)c3cnccc3n2)on1. The van der Waals surface area contributed by atoms with Crippen LogP contribution in [0.2, 0.25) is 0 Å². The molecule has 0 atom stereocenters. The first-order valence-corrected chi connectivity index (χ1v) is 8.06. The van der Waals surface area contributed by atoms with Crippen molar-refractivity contribution in [3.05, 3.63) is 72.3 Å². The van der Waals surface area contributed by atoms with Crippen molar-refractivity contribution in [1.82, 2.24) is 25.4 Å². The Hall–Kier alpha value is -3.61. The molecular formula is C19H15N5O2. The highest BCUT2D eigenvalue weighted by Crippen LogP contribution is 2.27. The Balaban J connectivity index is 1.70. The third kappa shape index (κ3) is 3.14. The van der Waals surface area contributed by atoms with Crippen LogP contribution >= 0.6 is 0 Å². The molecule has 26 heavy (non-hydrogen) atoms. The number of nitrogens with one attached hydrogen (secondary N) is 1. The molecular weight excluding hydrogens is 330 g/mol. The molecule has 0 unspecified atom stereocenters. The van der Waals surface area contributed by atoms with Gasteiger partial charge in [-0.2, -0.15) is 0 Å². The second-order valence-electron chi connectivity index (χ2n) is 5.80. The van der Waals surface area contributed by atoms with Gasteiger partial charge in [-0.15, -0.1) is 0 Å². The lowest BCUT2D eigenvalue weighted by Crippen LogP contribution is -2.23. The quantitative estimate of drug-likeness (QED) is 0.611. The van der Waals surface area contributed by atoms with Gasteiger partial charge in [0.05, 0.1) is 17.8 Å². The molecule has 4 heterocycles. The van der Waals surface area contributed by atoms with E-state index in [1.54, 1.807) is 43.0 Å². The van der Waals surface area contributed by atoms with E-state index in [4.69, 9.17) is 4.52 Å². The lowest BCUT2D eigenvalue weighted by Gasteiger charge is -2.09. The van der Waals surface area contributed by atoms with Crippen LogP contribution in [0.5, 0.6) is 0 Å². The van der Waals surface area contributed by atoms with Crippen molar-refractivity contribution < 1.29 is 9.32 Å². The lowest BCUT2D eigenvalue weighted by molar-refractivity contribution is 0.0942. The summed E-state index contributed by atoms with van der Waals surface area (Å²) in [4.78, 5) is 25.3. The van der Waals surface area contributed by atoms with E-state index in [-0.39, 0.29) is 12.5 Å². The average Bonchev–Trinajstić information content (AvgIpc) is 3.11. The van der Waals surface area contributed by atoms with Gasteiger partial charge in [-0.05, 0) is 42.3 Å². The van der Waals surface area contributed by atoms with Crippen LogP contribution in [0.25, 0.3) is 22.0 Å². The molecule has 4 aromatic rings. The van der Waals surface area contributed by atoms with Gasteiger partial charge in [0.1, 0.15) is 5.69 Å². The fraction of sp³-hybridized carbons (Fsp3) is 0.105. The van der Waals surface area contributed by atoms with Gasteiger partial charge in [0, 0.05) is 36.2 Å². The zero-order chi connectivity index (χ0) is 17.9. The molecule has 0 aromatic carbocycles. The number of hydrogen-bond acceptors (Lipinski definition) is 6. The van der Waals surface area contributed by atoms with Crippen molar-refractivity contribution in [3.63, 3.8) is 0 Å². The summed E-state index contributed by atoms with van der Waals surface area (Å²) in [7, 11) is 0. The summed E-state index contributed by atoms with van der Waals surface area (Å²) in [6.45, 7) is 2.08. The topological polar surface area (TPSA) is 93.8 Å². The molecule has 1 amide bonds. The van der Waals surface area contributed by atoms with Crippen LogP contribution in [0.15, 0.2) is 59.6 Å². The number of nitrogens with zero attached hydrogens (tertiary/aromatic N) is 4. The first kappa shape index (κ1) is 15.9. The van der Waals surface area contributed by atoms with Crippen LogP contribution in [-0.2, 0) is 6.54 Å². The van der Waals surface area contributed by atoms with Crippen LogP contribution in [0.4, 0.5) is 0 Å². The number of carbonyl (C=O) groups is 1. The Labute approximate surface area is 149 Å². The minimum absolute atomic E-state index is 0.250. The molecule has 128 valence electrons. The Bertz CT molecular complexity index is 1080. The number of rotatable bonds is 4. The first-order chi connectivity index (χ1) is 12.7. The van der Waals surface area contributed by atoms with Crippen LogP contribution < -0.4 is 5.32 Å². The molecule has 0 radical (unpaired) electrons. The molecule has 0 aliphatic carbocycles. The molecule has 4 aromatic heterocycles. The van der Waals surface area contributed by atoms with E-state index in [0.29, 0.717) is 17.0 Å². The van der Waals surface area contributed by atoms with Crippen LogP contribution in [0.3, 0.4) is 0 Å². The largest absolute Gasteiger partial charge is 0.359 e. The summed E-state index contributed by atoms with van der Waals surface area (Å²) < 4.78 is 5.11. The highest BCUT2D eigenvalue weighted by Gasteiger charge is 2.14. The highest BCUT2D eigenvalue weighted by atomic mass is 16.5. The number of amides is 1. The second-order valence-corrected chi connectivity index (χ2v) is 5.80. The van der Waals surface area contributed by atoms with E-state index in [0.717, 1.165) is 22.2 Å². The second kappa shape index (κ2) is 6.72. The van der Waals surface area contributed by atoms with Gasteiger partial charge in [-0.25, -0.2) is 4.98 Å². The molecule has 0 saturated heterocycles. The number of aryl methyl sites for hydroxylation is 1. The maximum Gasteiger partial charge on any atom is 0.270 e. The molecule has 0 saturated carbocycles. The standard InChI is InChI=1S/C19H15N5O2/c1-12-8-14(26-24-12)10-22-19(25)18-9-15(13-2-5-20-6-3-13)16-11-21-7-4-17(16)23-18/h2-9,11H,10H2,1H3,(H,22,25). The van der Waals surface area contributed by atoms with E-state index < -0.39 is 0 Å². The molecule has 4 rings (SSSR count).